The lowest BCUT2D eigenvalue weighted by atomic mass is 10.1. The molecule has 1 aliphatic carbocycles. The van der Waals surface area contributed by atoms with E-state index in [4.69, 9.17) is 5.11 Å². The Morgan fingerprint density at radius 3 is 2.05 bits per heavy atom. The fraction of sp³-hybridized carbons (Fsp3) is 0.786. The van der Waals surface area contributed by atoms with Crippen LogP contribution in [0.15, 0.2) is 0 Å². The number of carboxylic acid groups (broad SMARTS) is 1. The molecular formula is C14H24N2O4. The van der Waals surface area contributed by atoms with Crippen LogP contribution >= 0.6 is 0 Å². The van der Waals surface area contributed by atoms with Gasteiger partial charge in [-0.05, 0) is 11.8 Å². The number of amides is 2. The second-order valence-electron chi connectivity index (χ2n) is 6.16. The second kappa shape index (κ2) is 5.81. The van der Waals surface area contributed by atoms with Crippen molar-refractivity contribution in [2.45, 2.75) is 27.2 Å². The van der Waals surface area contributed by atoms with Gasteiger partial charge in [0.15, 0.2) is 0 Å². The first-order chi connectivity index (χ1) is 9.14. The summed E-state index contributed by atoms with van der Waals surface area (Å²) in [5.74, 6) is -2.49. The molecule has 2 amide bonds. The summed E-state index contributed by atoms with van der Waals surface area (Å²) in [7, 11) is 3.27. The predicted octanol–water partition coefficient (Wildman–Crippen LogP) is 0.670. The van der Waals surface area contributed by atoms with Gasteiger partial charge in [-0.2, -0.15) is 0 Å². The molecule has 0 aromatic rings. The smallest absolute Gasteiger partial charge is 0.307 e. The molecule has 0 aromatic heterocycles. The Bertz CT molecular complexity index is 417. The maximum Gasteiger partial charge on any atom is 0.307 e. The Labute approximate surface area is 119 Å². The van der Waals surface area contributed by atoms with Crippen LogP contribution in [-0.4, -0.2) is 59.9 Å². The average Bonchev–Trinajstić information content (AvgIpc) is 2.90. The zero-order valence-electron chi connectivity index (χ0n) is 12.8. The van der Waals surface area contributed by atoms with Crippen LogP contribution < -0.4 is 0 Å². The number of carboxylic acids is 1. The summed E-state index contributed by atoms with van der Waals surface area (Å²) in [6.45, 7) is 5.97. The van der Waals surface area contributed by atoms with Gasteiger partial charge >= 0.3 is 5.97 Å². The molecule has 0 spiro atoms. The molecule has 6 nitrogen and oxygen atoms in total. The third-order valence-corrected chi connectivity index (χ3v) is 3.99. The molecular weight excluding hydrogens is 260 g/mol. The van der Waals surface area contributed by atoms with Gasteiger partial charge in [0.05, 0.1) is 18.4 Å². The zero-order chi connectivity index (χ0) is 15.7. The third kappa shape index (κ3) is 3.11. The highest BCUT2D eigenvalue weighted by Gasteiger charge is 2.66. The standard InChI is InChI=1S/C14H24N2O4/c1-6-7-16(8-9(17)15(4)5)12(18)10-11(13(19)20)14(10,2)3/h10-11H,6-8H2,1-5H3,(H,19,20). The topological polar surface area (TPSA) is 77.9 Å². The van der Waals surface area contributed by atoms with E-state index in [-0.39, 0.29) is 18.4 Å². The molecule has 2 unspecified atom stereocenters. The molecule has 0 bridgehead atoms. The van der Waals surface area contributed by atoms with Crippen molar-refractivity contribution in [1.82, 2.24) is 9.80 Å². The van der Waals surface area contributed by atoms with Crippen molar-refractivity contribution in [3.63, 3.8) is 0 Å². The van der Waals surface area contributed by atoms with E-state index in [1.807, 2.05) is 6.92 Å². The summed E-state index contributed by atoms with van der Waals surface area (Å²) in [6.07, 6.45) is 0.733. The van der Waals surface area contributed by atoms with Crippen molar-refractivity contribution in [3.05, 3.63) is 0 Å². The number of rotatable bonds is 6. The monoisotopic (exact) mass is 284 g/mol. The number of nitrogens with zero attached hydrogens (tertiary/aromatic N) is 2. The van der Waals surface area contributed by atoms with Gasteiger partial charge in [0.25, 0.3) is 0 Å². The van der Waals surface area contributed by atoms with E-state index in [0.29, 0.717) is 6.54 Å². The summed E-state index contributed by atoms with van der Waals surface area (Å²) in [6, 6.07) is 0. The summed E-state index contributed by atoms with van der Waals surface area (Å²) >= 11 is 0. The van der Waals surface area contributed by atoms with Gasteiger partial charge in [-0.25, -0.2) is 0 Å². The first kappa shape index (κ1) is 16.5. The van der Waals surface area contributed by atoms with E-state index in [0.717, 1.165) is 6.42 Å². The minimum atomic E-state index is -0.941. The van der Waals surface area contributed by atoms with E-state index in [1.165, 1.54) is 9.80 Å². The molecule has 6 heteroatoms. The van der Waals surface area contributed by atoms with Gasteiger partial charge in [-0.15, -0.1) is 0 Å². The molecule has 0 radical (unpaired) electrons. The lowest BCUT2D eigenvalue weighted by Crippen LogP contribution is -2.42. The van der Waals surface area contributed by atoms with Crippen LogP contribution in [0.5, 0.6) is 0 Å². The van der Waals surface area contributed by atoms with Crippen LogP contribution in [0.3, 0.4) is 0 Å². The molecule has 0 heterocycles. The van der Waals surface area contributed by atoms with Crippen molar-refractivity contribution in [3.8, 4) is 0 Å². The number of carbonyl (C=O) groups excluding carboxylic acids is 2. The van der Waals surface area contributed by atoms with Crippen molar-refractivity contribution in [2.24, 2.45) is 17.3 Å². The van der Waals surface area contributed by atoms with Gasteiger partial charge in [-0.3, -0.25) is 14.4 Å². The summed E-state index contributed by atoms with van der Waals surface area (Å²) in [5.41, 5.74) is -0.532. The number of hydrogen-bond donors (Lipinski definition) is 1. The van der Waals surface area contributed by atoms with Crippen molar-refractivity contribution >= 4 is 17.8 Å². The molecule has 1 aliphatic rings. The van der Waals surface area contributed by atoms with Crippen LogP contribution in [0, 0.1) is 17.3 Å². The molecule has 0 saturated heterocycles. The number of carbonyl (C=O) groups is 3. The summed E-state index contributed by atoms with van der Waals surface area (Å²) in [4.78, 5) is 38.3. The molecule has 114 valence electrons. The first-order valence-corrected chi connectivity index (χ1v) is 6.86. The van der Waals surface area contributed by atoms with Crippen molar-refractivity contribution < 1.29 is 19.5 Å². The van der Waals surface area contributed by atoms with E-state index in [2.05, 4.69) is 0 Å². The number of aliphatic carboxylic acids is 1. The van der Waals surface area contributed by atoms with E-state index >= 15 is 0 Å². The Kier molecular flexibility index (Phi) is 4.78. The number of likely N-dealkylation sites (N-methyl/N-ethyl adjacent to an activating group) is 1. The highest BCUT2D eigenvalue weighted by Crippen LogP contribution is 2.59. The molecule has 1 rings (SSSR count). The number of hydrogen-bond acceptors (Lipinski definition) is 3. The normalized spacial score (nSPS) is 23.1. The molecule has 1 N–H and O–H groups in total. The molecule has 2 atom stereocenters. The van der Waals surface area contributed by atoms with Crippen LogP contribution in [-0.2, 0) is 14.4 Å². The fourth-order valence-electron chi connectivity index (χ4n) is 2.60. The van der Waals surface area contributed by atoms with E-state index in [1.54, 1.807) is 27.9 Å². The predicted molar refractivity (Wildman–Crippen MR) is 74.0 cm³/mol. The quantitative estimate of drug-likeness (QED) is 0.777. The summed E-state index contributed by atoms with van der Waals surface area (Å²) in [5, 5.41) is 9.14. The lowest BCUT2D eigenvalue weighted by Gasteiger charge is -2.24. The van der Waals surface area contributed by atoms with Crippen LogP contribution in [0.4, 0.5) is 0 Å². The Morgan fingerprint density at radius 1 is 1.15 bits per heavy atom. The van der Waals surface area contributed by atoms with E-state index < -0.39 is 23.2 Å². The first-order valence-electron chi connectivity index (χ1n) is 6.86. The Balaban J connectivity index is 2.81. The molecule has 0 aromatic carbocycles. The van der Waals surface area contributed by atoms with Crippen molar-refractivity contribution in [1.29, 1.82) is 0 Å². The maximum absolute atomic E-state index is 12.5. The van der Waals surface area contributed by atoms with Gasteiger partial charge in [0.2, 0.25) is 11.8 Å². The lowest BCUT2D eigenvalue weighted by molar-refractivity contribution is -0.143. The van der Waals surface area contributed by atoms with Crippen molar-refractivity contribution in [2.75, 3.05) is 27.2 Å². The van der Waals surface area contributed by atoms with Gasteiger partial charge in [0.1, 0.15) is 0 Å². The van der Waals surface area contributed by atoms with Crippen LogP contribution in [0.2, 0.25) is 0 Å². The zero-order valence-corrected chi connectivity index (χ0v) is 12.8. The molecule has 1 fully saturated rings. The highest BCUT2D eigenvalue weighted by atomic mass is 16.4. The molecule has 0 aliphatic heterocycles. The average molecular weight is 284 g/mol. The largest absolute Gasteiger partial charge is 0.481 e. The third-order valence-electron chi connectivity index (χ3n) is 3.99. The summed E-state index contributed by atoms with van der Waals surface area (Å²) < 4.78 is 0. The van der Waals surface area contributed by atoms with Gasteiger partial charge in [-0.1, -0.05) is 20.8 Å². The highest BCUT2D eigenvalue weighted by molar-refractivity contribution is 5.93. The molecule has 1 saturated carbocycles. The molecule has 20 heavy (non-hydrogen) atoms. The SMILES string of the molecule is CCCN(CC(=O)N(C)C)C(=O)C1C(C(=O)O)C1(C)C. The van der Waals surface area contributed by atoms with Gasteiger partial charge in [0, 0.05) is 20.6 Å². The van der Waals surface area contributed by atoms with E-state index in [9.17, 15) is 14.4 Å². The Morgan fingerprint density at radius 2 is 1.70 bits per heavy atom. The second-order valence-corrected chi connectivity index (χ2v) is 6.16. The van der Waals surface area contributed by atoms with Crippen LogP contribution in [0.25, 0.3) is 0 Å². The fourth-order valence-corrected chi connectivity index (χ4v) is 2.60. The minimum absolute atomic E-state index is 0.0125. The van der Waals surface area contributed by atoms with Crippen LogP contribution in [0.1, 0.15) is 27.2 Å². The minimum Gasteiger partial charge on any atom is -0.481 e. The maximum atomic E-state index is 12.5. The van der Waals surface area contributed by atoms with Gasteiger partial charge < -0.3 is 14.9 Å². The Hall–Kier alpha value is -1.59.